The number of rotatable bonds is 6. The number of imide groups is 1. The Morgan fingerprint density at radius 2 is 1.73 bits per heavy atom. The molecule has 3 aromatic rings. The van der Waals surface area contributed by atoms with Crippen molar-refractivity contribution in [2.45, 2.75) is 32.1 Å². The molecular weight excluding hydrogens is 591 g/mol. The molecule has 2 saturated heterocycles. The molecular formula is C29H27F5N6O4. The van der Waals surface area contributed by atoms with E-state index in [4.69, 9.17) is 4.74 Å². The highest BCUT2D eigenvalue weighted by Gasteiger charge is 2.52. The monoisotopic (exact) mass is 618 g/mol. The van der Waals surface area contributed by atoms with Gasteiger partial charge < -0.3 is 25.2 Å². The fourth-order valence-electron chi connectivity index (χ4n) is 4.92. The first-order chi connectivity index (χ1) is 20.8. The summed E-state index contributed by atoms with van der Waals surface area (Å²) in [7, 11) is 0. The number of halogens is 5. The third-order valence-electron chi connectivity index (χ3n) is 7.32. The van der Waals surface area contributed by atoms with Crippen molar-refractivity contribution in [1.29, 1.82) is 0 Å². The van der Waals surface area contributed by atoms with Crippen molar-refractivity contribution in [3.8, 4) is 0 Å². The van der Waals surface area contributed by atoms with Gasteiger partial charge >= 0.3 is 18.2 Å². The number of benzene rings is 2. The average Bonchev–Trinajstić information content (AvgIpc) is 3.13. The van der Waals surface area contributed by atoms with Gasteiger partial charge in [0.15, 0.2) is 0 Å². The molecule has 232 valence electrons. The van der Waals surface area contributed by atoms with Crippen molar-refractivity contribution < 1.29 is 41.1 Å². The quantitative estimate of drug-likeness (QED) is 0.275. The van der Waals surface area contributed by atoms with Crippen LogP contribution in [0.3, 0.4) is 0 Å². The Hall–Kier alpha value is -4.79. The number of ether oxygens (including phenoxy) is 1. The molecule has 0 unspecified atom stereocenters. The Balaban J connectivity index is 1.36. The SMILES string of the molecule is CC1(C)C(=O)N(c2ccc(F)c(C(F)(F)F)c2)C(=O)N1Cc1ccc(F)cc1NC(=O)Nc1ccnc(N2CCOCC2)c1. The van der Waals surface area contributed by atoms with Crippen molar-refractivity contribution in [2.75, 3.05) is 46.7 Å². The first-order valence-electron chi connectivity index (χ1n) is 13.4. The van der Waals surface area contributed by atoms with Crippen LogP contribution in [0, 0.1) is 11.6 Å². The highest BCUT2D eigenvalue weighted by atomic mass is 19.4. The van der Waals surface area contributed by atoms with E-state index in [1.54, 1.807) is 12.1 Å². The number of hydrogen-bond donors (Lipinski definition) is 2. The number of nitrogens with zero attached hydrogens (tertiary/aromatic N) is 4. The van der Waals surface area contributed by atoms with Gasteiger partial charge in [0, 0.05) is 31.0 Å². The Bertz CT molecular complexity index is 1610. The lowest BCUT2D eigenvalue weighted by molar-refractivity contribution is -0.140. The predicted molar refractivity (Wildman–Crippen MR) is 150 cm³/mol. The topological polar surface area (TPSA) is 107 Å². The Kier molecular flexibility index (Phi) is 8.16. The lowest BCUT2D eigenvalue weighted by Gasteiger charge is -2.28. The minimum atomic E-state index is -5.06. The van der Waals surface area contributed by atoms with Crippen LogP contribution in [0.15, 0.2) is 54.7 Å². The molecule has 0 spiro atoms. The van der Waals surface area contributed by atoms with Gasteiger partial charge in [0.05, 0.1) is 36.7 Å². The fraction of sp³-hybridized carbons (Fsp3) is 0.310. The second kappa shape index (κ2) is 11.7. The van der Waals surface area contributed by atoms with Crippen LogP contribution >= 0.6 is 0 Å². The summed E-state index contributed by atoms with van der Waals surface area (Å²) in [6.45, 7) is 4.80. The molecule has 10 nitrogen and oxygen atoms in total. The molecule has 5 rings (SSSR count). The zero-order valence-corrected chi connectivity index (χ0v) is 23.5. The predicted octanol–water partition coefficient (Wildman–Crippen LogP) is 5.61. The van der Waals surface area contributed by atoms with Crippen molar-refractivity contribution in [3.05, 3.63) is 77.5 Å². The van der Waals surface area contributed by atoms with Crippen LogP contribution in [-0.2, 0) is 22.3 Å². The normalized spacial score (nSPS) is 16.8. The molecule has 3 heterocycles. The first kappa shape index (κ1) is 30.7. The number of carbonyl (C=O) groups is 3. The van der Waals surface area contributed by atoms with E-state index >= 15 is 0 Å². The Morgan fingerprint density at radius 1 is 1.00 bits per heavy atom. The minimum Gasteiger partial charge on any atom is -0.378 e. The van der Waals surface area contributed by atoms with Gasteiger partial charge in [0.1, 0.15) is 23.0 Å². The summed E-state index contributed by atoms with van der Waals surface area (Å²) >= 11 is 0. The van der Waals surface area contributed by atoms with Gasteiger partial charge in [-0.25, -0.2) is 28.3 Å². The summed E-state index contributed by atoms with van der Waals surface area (Å²) in [5.74, 6) is -2.48. The van der Waals surface area contributed by atoms with E-state index in [1.807, 2.05) is 4.90 Å². The van der Waals surface area contributed by atoms with Crippen LogP contribution in [-0.4, -0.2) is 59.7 Å². The van der Waals surface area contributed by atoms with E-state index in [-0.39, 0.29) is 17.8 Å². The molecule has 2 aromatic carbocycles. The lowest BCUT2D eigenvalue weighted by Crippen LogP contribution is -2.43. The van der Waals surface area contributed by atoms with Gasteiger partial charge in [-0.1, -0.05) is 6.07 Å². The van der Waals surface area contributed by atoms with Crippen molar-refractivity contribution in [1.82, 2.24) is 9.88 Å². The Labute approximate surface area is 248 Å². The molecule has 15 heteroatoms. The number of alkyl halides is 3. The van der Waals surface area contributed by atoms with E-state index < -0.39 is 52.6 Å². The number of urea groups is 2. The van der Waals surface area contributed by atoms with Crippen molar-refractivity contribution in [3.63, 3.8) is 0 Å². The zero-order chi connectivity index (χ0) is 31.8. The highest BCUT2D eigenvalue weighted by molar-refractivity contribution is 6.23. The molecule has 0 atom stereocenters. The van der Waals surface area contributed by atoms with Crippen LogP contribution in [0.4, 0.5) is 54.4 Å². The standard InChI is InChI=1S/C29H27F5N6O4/c1-28(2)25(41)40(20-5-6-22(31)21(15-20)29(32,33)34)27(43)39(28)16-17-3-4-18(30)13-23(17)37-26(42)36-19-7-8-35-24(14-19)38-9-11-44-12-10-38/h3-8,13-15H,9-12,16H2,1-2H3,(H2,35,36,37,42). The Morgan fingerprint density at radius 3 is 2.43 bits per heavy atom. The molecule has 0 aliphatic carbocycles. The van der Waals surface area contributed by atoms with Gasteiger partial charge in [-0.3, -0.25) is 4.79 Å². The van der Waals surface area contributed by atoms with Crippen LogP contribution in [0.2, 0.25) is 0 Å². The van der Waals surface area contributed by atoms with E-state index in [0.717, 1.165) is 23.1 Å². The maximum Gasteiger partial charge on any atom is 0.419 e. The third-order valence-corrected chi connectivity index (χ3v) is 7.32. The number of amides is 5. The number of anilines is 4. The number of carbonyl (C=O) groups excluding carboxylic acids is 3. The van der Waals surface area contributed by atoms with E-state index in [0.29, 0.717) is 54.8 Å². The summed E-state index contributed by atoms with van der Waals surface area (Å²) in [5.41, 5.74) is -3.03. The summed E-state index contributed by atoms with van der Waals surface area (Å²) in [4.78, 5) is 47.6. The van der Waals surface area contributed by atoms with Gasteiger partial charge in [-0.15, -0.1) is 0 Å². The fourth-order valence-corrected chi connectivity index (χ4v) is 4.92. The molecule has 5 amide bonds. The van der Waals surface area contributed by atoms with Crippen LogP contribution in [0.1, 0.15) is 25.0 Å². The molecule has 44 heavy (non-hydrogen) atoms. The minimum absolute atomic E-state index is 0.0133. The van der Waals surface area contributed by atoms with E-state index in [1.165, 1.54) is 26.1 Å². The van der Waals surface area contributed by atoms with Gasteiger partial charge in [0.25, 0.3) is 5.91 Å². The molecule has 1 aromatic heterocycles. The average molecular weight is 619 g/mol. The summed E-state index contributed by atoms with van der Waals surface area (Å²) in [5, 5.41) is 5.21. The lowest BCUT2D eigenvalue weighted by atomic mass is 10.0. The molecule has 0 saturated carbocycles. The molecule has 2 aliphatic rings. The van der Waals surface area contributed by atoms with Crippen molar-refractivity contribution >= 4 is 40.8 Å². The molecule has 0 radical (unpaired) electrons. The van der Waals surface area contributed by atoms with Crippen LogP contribution < -0.4 is 20.4 Å². The van der Waals surface area contributed by atoms with Gasteiger partial charge in [-0.05, 0) is 55.8 Å². The van der Waals surface area contributed by atoms with Crippen LogP contribution in [0.5, 0.6) is 0 Å². The van der Waals surface area contributed by atoms with Crippen LogP contribution in [0.25, 0.3) is 0 Å². The summed E-state index contributed by atoms with van der Waals surface area (Å²) in [6.07, 6.45) is -3.53. The molecule has 2 N–H and O–H groups in total. The first-order valence-corrected chi connectivity index (χ1v) is 13.4. The third kappa shape index (κ3) is 6.13. The second-order valence-electron chi connectivity index (χ2n) is 10.6. The molecule has 2 aliphatic heterocycles. The maximum absolute atomic E-state index is 14.3. The van der Waals surface area contributed by atoms with Crippen molar-refractivity contribution in [2.24, 2.45) is 0 Å². The molecule has 0 bridgehead atoms. The number of aromatic nitrogens is 1. The van der Waals surface area contributed by atoms with Gasteiger partial charge in [-0.2, -0.15) is 13.2 Å². The number of nitrogens with one attached hydrogen (secondary N) is 2. The largest absolute Gasteiger partial charge is 0.419 e. The number of morpholine rings is 1. The summed E-state index contributed by atoms with van der Waals surface area (Å²) < 4.78 is 73.5. The van der Waals surface area contributed by atoms with E-state index in [2.05, 4.69) is 15.6 Å². The number of hydrogen-bond acceptors (Lipinski definition) is 6. The second-order valence-corrected chi connectivity index (χ2v) is 10.6. The maximum atomic E-state index is 14.3. The molecule has 2 fully saturated rings. The zero-order valence-electron chi connectivity index (χ0n) is 23.5. The van der Waals surface area contributed by atoms with Gasteiger partial charge in [0.2, 0.25) is 0 Å². The van der Waals surface area contributed by atoms with E-state index in [9.17, 15) is 36.3 Å². The highest BCUT2D eigenvalue weighted by Crippen LogP contribution is 2.38. The summed E-state index contributed by atoms with van der Waals surface area (Å²) in [6, 6.07) is 6.79. The smallest absolute Gasteiger partial charge is 0.378 e. The number of pyridine rings is 1.